The molecule has 1 rings (SSSR count). The van der Waals surface area contributed by atoms with Gasteiger partial charge in [0, 0.05) is 20.0 Å². The summed E-state index contributed by atoms with van der Waals surface area (Å²) in [5.74, 6) is -1.74. The summed E-state index contributed by atoms with van der Waals surface area (Å²) in [6.45, 7) is 0.230. The molecule has 0 aliphatic heterocycles. The number of urea groups is 1. The molecule has 2 N–H and O–H groups in total. The van der Waals surface area contributed by atoms with E-state index < -0.39 is 17.9 Å². The van der Waals surface area contributed by atoms with Crippen molar-refractivity contribution in [3.05, 3.63) is 35.4 Å². The molecule has 0 fully saturated rings. The van der Waals surface area contributed by atoms with Gasteiger partial charge in [-0.05, 0) is 17.7 Å². The summed E-state index contributed by atoms with van der Waals surface area (Å²) in [6, 6.07) is 8.15. The van der Waals surface area contributed by atoms with E-state index in [9.17, 15) is 14.4 Å². The van der Waals surface area contributed by atoms with E-state index >= 15 is 0 Å². The zero-order chi connectivity index (χ0) is 15.8. The number of benzene rings is 1. The Labute approximate surface area is 121 Å². The minimum absolute atomic E-state index is 0.230. The lowest BCUT2D eigenvalue weighted by molar-refractivity contribution is -0.138. The quantitative estimate of drug-likeness (QED) is 0.843. The van der Waals surface area contributed by atoms with Gasteiger partial charge < -0.3 is 10.0 Å². The molecular weight excluding hydrogens is 274 g/mol. The predicted octanol–water partition coefficient (Wildman–Crippen LogP) is 1.09. The third kappa shape index (κ3) is 5.74. The van der Waals surface area contributed by atoms with E-state index in [-0.39, 0.29) is 19.4 Å². The average molecular weight is 289 g/mol. The number of rotatable bonds is 5. The Hall–Kier alpha value is -2.88. The van der Waals surface area contributed by atoms with Crippen molar-refractivity contribution in [2.75, 3.05) is 7.05 Å². The number of nitrogens with zero attached hydrogens (tertiary/aromatic N) is 2. The highest BCUT2D eigenvalue weighted by Gasteiger charge is 2.13. The molecule has 0 aliphatic carbocycles. The van der Waals surface area contributed by atoms with Crippen LogP contribution in [-0.4, -0.2) is 35.0 Å². The summed E-state index contributed by atoms with van der Waals surface area (Å²) >= 11 is 0. The van der Waals surface area contributed by atoms with Crippen LogP contribution in [0.4, 0.5) is 4.79 Å². The van der Waals surface area contributed by atoms with Gasteiger partial charge in [-0.3, -0.25) is 14.9 Å². The van der Waals surface area contributed by atoms with E-state index in [1.54, 1.807) is 24.3 Å². The number of hydrogen-bond donors (Lipinski definition) is 2. The molecule has 0 saturated heterocycles. The molecule has 0 saturated carbocycles. The fraction of sp³-hybridized carbons (Fsp3) is 0.286. The third-order valence-electron chi connectivity index (χ3n) is 2.63. The first-order valence-corrected chi connectivity index (χ1v) is 6.18. The molecule has 0 aromatic heterocycles. The second kappa shape index (κ2) is 7.65. The molecule has 21 heavy (non-hydrogen) atoms. The second-order valence-corrected chi connectivity index (χ2v) is 4.42. The number of carbonyl (C=O) groups excluding carboxylic acids is 2. The van der Waals surface area contributed by atoms with E-state index in [2.05, 4.69) is 5.32 Å². The van der Waals surface area contributed by atoms with Gasteiger partial charge in [0.2, 0.25) is 5.91 Å². The van der Waals surface area contributed by atoms with Crippen molar-refractivity contribution in [2.45, 2.75) is 19.4 Å². The number of carbonyl (C=O) groups is 3. The smallest absolute Gasteiger partial charge is 0.324 e. The Morgan fingerprint density at radius 2 is 2.05 bits per heavy atom. The molecule has 0 spiro atoms. The first-order valence-electron chi connectivity index (χ1n) is 6.18. The molecule has 0 aliphatic rings. The lowest BCUT2D eigenvalue weighted by atomic mass is 10.1. The molecular formula is C14H15N3O4. The number of nitrogens with one attached hydrogen (secondary N) is 1. The van der Waals surface area contributed by atoms with Crippen LogP contribution in [0.1, 0.15) is 24.0 Å². The topological polar surface area (TPSA) is 111 Å². The molecule has 3 amide bonds. The first kappa shape index (κ1) is 16.2. The van der Waals surface area contributed by atoms with Crippen LogP contribution in [0.3, 0.4) is 0 Å². The molecule has 0 atom stereocenters. The lowest BCUT2D eigenvalue weighted by Gasteiger charge is -2.17. The maximum Gasteiger partial charge on any atom is 0.324 e. The molecule has 0 heterocycles. The molecule has 1 aromatic rings. The van der Waals surface area contributed by atoms with Gasteiger partial charge in [-0.1, -0.05) is 12.1 Å². The van der Waals surface area contributed by atoms with E-state index in [0.29, 0.717) is 5.56 Å². The molecule has 0 bridgehead atoms. The van der Waals surface area contributed by atoms with Crippen molar-refractivity contribution in [1.82, 2.24) is 10.2 Å². The molecule has 0 unspecified atom stereocenters. The number of nitriles is 1. The van der Waals surface area contributed by atoms with Crippen LogP contribution >= 0.6 is 0 Å². The summed E-state index contributed by atoms with van der Waals surface area (Å²) in [7, 11) is 1.50. The predicted molar refractivity (Wildman–Crippen MR) is 73.0 cm³/mol. The highest BCUT2D eigenvalue weighted by atomic mass is 16.4. The van der Waals surface area contributed by atoms with Crippen LogP contribution in [0.15, 0.2) is 24.3 Å². The van der Waals surface area contributed by atoms with E-state index in [1.807, 2.05) is 6.07 Å². The van der Waals surface area contributed by atoms with Gasteiger partial charge >= 0.3 is 12.0 Å². The van der Waals surface area contributed by atoms with Gasteiger partial charge in [0.1, 0.15) is 0 Å². The van der Waals surface area contributed by atoms with E-state index in [0.717, 1.165) is 5.56 Å². The van der Waals surface area contributed by atoms with Crippen molar-refractivity contribution in [1.29, 1.82) is 5.26 Å². The Morgan fingerprint density at radius 3 is 2.67 bits per heavy atom. The van der Waals surface area contributed by atoms with Gasteiger partial charge in [-0.2, -0.15) is 5.26 Å². The van der Waals surface area contributed by atoms with Crippen LogP contribution in [0.25, 0.3) is 0 Å². The van der Waals surface area contributed by atoms with E-state index in [1.165, 1.54) is 11.9 Å². The van der Waals surface area contributed by atoms with Crippen molar-refractivity contribution in [3.63, 3.8) is 0 Å². The number of amides is 3. The molecule has 1 aromatic carbocycles. The van der Waals surface area contributed by atoms with Gasteiger partial charge in [0.05, 0.1) is 18.1 Å². The molecule has 0 radical (unpaired) electrons. The zero-order valence-electron chi connectivity index (χ0n) is 11.5. The van der Waals surface area contributed by atoms with Crippen molar-refractivity contribution >= 4 is 17.9 Å². The Bertz CT molecular complexity index is 592. The van der Waals surface area contributed by atoms with Gasteiger partial charge in [0.25, 0.3) is 0 Å². The van der Waals surface area contributed by atoms with Gasteiger partial charge in [0.15, 0.2) is 0 Å². The number of hydrogen-bond acceptors (Lipinski definition) is 4. The summed E-state index contributed by atoms with van der Waals surface area (Å²) in [6.07, 6.45) is -0.578. The standard InChI is InChI=1S/C14H15N3O4/c1-17(9-11-4-2-3-10(7-11)8-15)14(21)16-12(18)5-6-13(19)20/h2-4,7H,5-6,9H2,1H3,(H,19,20)(H,16,18,21). The number of aliphatic carboxylic acids is 1. The van der Waals surface area contributed by atoms with Gasteiger partial charge in [-0.25, -0.2) is 4.79 Å². The number of carboxylic acids is 1. The van der Waals surface area contributed by atoms with Crippen LogP contribution < -0.4 is 5.32 Å². The Kier molecular flexibility index (Phi) is 5.89. The van der Waals surface area contributed by atoms with Gasteiger partial charge in [-0.15, -0.1) is 0 Å². The van der Waals surface area contributed by atoms with Crippen molar-refractivity contribution < 1.29 is 19.5 Å². The van der Waals surface area contributed by atoms with Crippen LogP contribution in [0.5, 0.6) is 0 Å². The minimum atomic E-state index is -1.10. The number of carboxylic acid groups (broad SMARTS) is 1. The highest BCUT2D eigenvalue weighted by molar-refractivity contribution is 5.95. The molecule has 7 nitrogen and oxygen atoms in total. The summed E-state index contributed by atoms with van der Waals surface area (Å²) in [5.41, 5.74) is 1.24. The monoisotopic (exact) mass is 289 g/mol. The molecule has 110 valence electrons. The Morgan fingerprint density at radius 1 is 1.33 bits per heavy atom. The summed E-state index contributed by atoms with van der Waals surface area (Å²) < 4.78 is 0. The summed E-state index contributed by atoms with van der Waals surface area (Å²) in [4.78, 5) is 34.7. The summed E-state index contributed by atoms with van der Waals surface area (Å²) in [5, 5.41) is 19.3. The SMILES string of the molecule is CN(Cc1cccc(C#N)c1)C(=O)NC(=O)CCC(=O)O. The van der Waals surface area contributed by atoms with Crippen molar-refractivity contribution in [2.24, 2.45) is 0 Å². The normalized spacial score (nSPS) is 9.52. The zero-order valence-corrected chi connectivity index (χ0v) is 11.5. The fourth-order valence-corrected chi connectivity index (χ4v) is 1.58. The largest absolute Gasteiger partial charge is 0.481 e. The van der Waals surface area contributed by atoms with E-state index in [4.69, 9.17) is 10.4 Å². The average Bonchev–Trinajstić information content (AvgIpc) is 2.45. The molecule has 7 heteroatoms. The van der Waals surface area contributed by atoms with Crippen LogP contribution in [0.2, 0.25) is 0 Å². The highest BCUT2D eigenvalue weighted by Crippen LogP contribution is 2.07. The van der Waals surface area contributed by atoms with Crippen LogP contribution in [0, 0.1) is 11.3 Å². The third-order valence-corrected chi connectivity index (χ3v) is 2.63. The fourth-order valence-electron chi connectivity index (χ4n) is 1.58. The number of imide groups is 1. The minimum Gasteiger partial charge on any atom is -0.481 e. The van der Waals surface area contributed by atoms with Crippen molar-refractivity contribution in [3.8, 4) is 6.07 Å². The maximum atomic E-state index is 11.7. The first-order chi connectivity index (χ1) is 9.92. The maximum absolute atomic E-state index is 11.7. The lowest BCUT2D eigenvalue weighted by Crippen LogP contribution is -2.40. The second-order valence-electron chi connectivity index (χ2n) is 4.42. The Balaban J connectivity index is 2.52. The van der Waals surface area contributed by atoms with Crippen LogP contribution in [-0.2, 0) is 16.1 Å².